The summed E-state index contributed by atoms with van der Waals surface area (Å²) in [5.41, 5.74) is 3.09. The summed E-state index contributed by atoms with van der Waals surface area (Å²) in [5, 5.41) is 1.16. The molecule has 0 amide bonds. The fourth-order valence-corrected chi connectivity index (χ4v) is 1.85. The van der Waals surface area contributed by atoms with Crippen LogP contribution in [-0.2, 0) is 7.05 Å². The van der Waals surface area contributed by atoms with Gasteiger partial charge in [0, 0.05) is 24.8 Å². The van der Waals surface area contributed by atoms with E-state index < -0.39 is 0 Å². The smallest absolute Gasteiger partial charge is 0.159 e. The van der Waals surface area contributed by atoms with Crippen LogP contribution in [0.1, 0.15) is 0 Å². The molecule has 68 valence electrons. The van der Waals surface area contributed by atoms with E-state index in [1.54, 1.807) is 12.4 Å². The fraction of sp³-hybridized carbons (Fsp3) is 0.0909. The van der Waals surface area contributed by atoms with Gasteiger partial charge in [-0.05, 0) is 6.07 Å². The molecule has 14 heavy (non-hydrogen) atoms. The molecule has 0 radical (unpaired) electrons. The van der Waals surface area contributed by atoms with Gasteiger partial charge in [-0.15, -0.1) is 0 Å². The van der Waals surface area contributed by atoms with Crippen LogP contribution in [0.2, 0.25) is 0 Å². The average molecular weight is 183 g/mol. The van der Waals surface area contributed by atoms with E-state index in [2.05, 4.69) is 26.7 Å². The molecule has 3 aromatic rings. The van der Waals surface area contributed by atoms with Gasteiger partial charge in [0.25, 0.3) is 0 Å². The molecule has 0 fully saturated rings. The second-order valence-corrected chi connectivity index (χ2v) is 3.30. The molecule has 0 atom stereocenters. The zero-order chi connectivity index (χ0) is 9.54. The highest BCUT2D eigenvalue weighted by Gasteiger charge is 2.07. The average Bonchev–Trinajstić information content (AvgIpc) is 2.55. The molecular formula is C11H9N3. The van der Waals surface area contributed by atoms with Crippen LogP contribution < -0.4 is 0 Å². The van der Waals surface area contributed by atoms with E-state index in [1.165, 1.54) is 5.52 Å². The Bertz CT molecular complexity index is 557. The first-order chi connectivity index (χ1) is 6.88. The second kappa shape index (κ2) is 2.54. The van der Waals surface area contributed by atoms with Crippen LogP contribution in [0, 0.1) is 0 Å². The fourth-order valence-electron chi connectivity index (χ4n) is 1.85. The third kappa shape index (κ3) is 0.812. The Balaban J connectivity index is 2.69. The first-order valence-electron chi connectivity index (χ1n) is 4.52. The molecule has 0 unspecified atom stereocenters. The molecule has 2 aromatic heterocycles. The molecule has 2 heterocycles. The van der Waals surface area contributed by atoms with Gasteiger partial charge in [0.2, 0.25) is 0 Å². The molecule has 0 spiro atoms. The highest BCUT2D eigenvalue weighted by molar-refractivity contribution is 6.03. The molecule has 3 heteroatoms. The lowest BCUT2D eigenvalue weighted by Gasteiger charge is -1.94. The monoisotopic (exact) mass is 183 g/mol. The number of nitrogens with zero attached hydrogens (tertiary/aromatic N) is 3. The molecule has 3 nitrogen and oxygen atoms in total. The van der Waals surface area contributed by atoms with E-state index in [0.29, 0.717) is 0 Å². The summed E-state index contributed by atoms with van der Waals surface area (Å²) in [6.45, 7) is 0. The molecular weight excluding hydrogens is 174 g/mol. The van der Waals surface area contributed by atoms with Crippen molar-refractivity contribution in [3.05, 3.63) is 36.7 Å². The van der Waals surface area contributed by atoms with Crippen molar-refractivity contribution in [1.82, 2.24) is 14.5 Å². The summed E-state index contributed by atoms with van der Waals surface area (Å²) >= 11 is 0. The van der Waals surface area contributed by atoms with Gasteiger partial charge in [-0.1, -0.05) is 18.2 Å². The molecule has 1 aromatic carbocycles. The topological polar surface area (TPSA) is 30.7 Å². The number of fused-ring (bicyclic) bond motifs is 3. The molecule has 0 bridgehead atoms. The van der Waals surface area contributed by atoms with Gasteiger partial charge in [-0.25, -0.2) is 4.98 Å². The summed E-state index contributed by atoms with van der Waals surface area (Å²) in [6, 6.07) is 8.21. The largest absolute Gasteiger partial charge is 0.327 e. The number of rotatable bonds is 0. The zero-order valence-corrected chi connectivity index (χ0v) is 7.81. The van der Waals surface area contributed by atoms with Crippen molar-refractivity contribution in [3.8, 4) is 0 Å². The predicted molar refractivity (Wildman–Crippen MR) is 56.0 cm³/mol. The van der Waals surface area contributed by atoms with Gasteiger partial charge < -0.3 is 4.57 Å². The first-order valence-corrected chi connectivity index (χ1v) is 4.52. The summed E-state index contributed by atoms with van der Waals surface area (Å²) < 4.78 is 2.07. The Morgan fingerprint density at radius 3 is 2.79 bits per heavy atom. The highest BCUT2D eigenvalue weighted by atomic mass is 15.0. The Kier molecular flexibility index (Phi) is 1.36. The van der Waals surface area contributed by atoms with Crippen molar-refractivity contribution in [2.45, 2.75) is 0 Å². The van der Waals surface area contributed by atoms with Gasteiger partial charge in [0.1, 0.15) is 5.52 Å². The van der Waals surface area contributed by atoms with Crippen molar-refractivity contribution in [2.24, 2.45) is 7.05 Å². The minimum Gasteiger partial charge on any atom is -0.327 e. The highest BCUT2D eigenvalue weighted by Crippen LogP contribution is 2.23. The SMILES string of the molecule is Cn1c2ccccc2c2nccnc21. The van der Waals surface area contributed by atoms with Gasteiger partial charge in [-0.3, -0.25) is 4.98 Å². The number of hydrogen-bond acceptors (Lipinski definition) is 2. The molecule has 0 saturated carbocycles. The van der Waals surface area contributed by atoms with Crippen molar-refractivity contribution in [1.29, 1.82) is 0 Å². The Morgan fingerprint density at radius 1 is 1.07 bits per heavy atom. The lowest BCUT2D eigenvalue weighted by atomic mass is 10.2. The maximum absolute atomic E-state index is 4.35. The third-order valence-corrected chi connectivity index (χ3v) is 2.52. The van der Waals surface area contributed by atoms with Gasteiger partial charge >= 0.3 is 0 Å². The van der Waals surface area contributed by atoms with Gasteiger partial charge in [-0.2, -0.15) is 0 Å². The van der Waals surface area contributed by atoms with Gasteiger partial charge in [0.15, 0.2) is 5.65 Å². The maximum atomic E-state index is 4.35. The summed E-state index contributed by atoms with van der Waals surface area (Å²) in [5.74, 6) is 0. The lowest BCUT2D eigenvalue weighted by Crippen LogP contribution is -1.88. The number of para-hydroxylation sites is 1. The normalized spacial score (nSPS) is 11.2. The standard InChI is InChI=1S/C11H9N3/c1-14-9-5-3-2-4-8(9)10-11(14)13-7-6-12-10/h2-7H,1H3. The number of aromatic nitrogens is 3. The molecule has 3 rings (SSSR count). The zero-order valence-electron chi connectivity index (χ0n) is 7.81. The van der Waals surface area contributed by atoms with Crippen LogP contribution in [0.25, 0.3) is 22.1 Å². The van der Waals surface area contributed by atoms with Crippen LogP contribution in [0.4, 0.5) is 0 Å². The van der Waals surface area contributed by atoms with Crippen molar-refractivity contribution in [3.63, 3.8) is 0 Å². The van der Waals surface area contributed by atoms with Crippen molar-refractivity contribution < 1.29 is 0 Å². The Hall–Kier alpha value is -1.90. The summed E-state index contributed by atoms with van der Waals surface area (Å²) in [7, 11) is 2.01. The van der Waals surface area contributed by atoms with E-state index in [-0.39, 0.29) is 0 Å². The van der Waals surface area contributed by atoms with E-state index in [4.69, 9.17) is 0 Å². The number of aryl methyl sites for hydroxylation is 1. The van der Waals surface area contributed by atoms with Crippen molar-refractivity contribution in [2.75, 3.05) is 0 Å². The minimum absolute atomic E-state index is 0.939. The van der Waals surface area contributed by atoms with Gasteiger partial charge in [0.05, 0.1) is 5.52 Å². The van der Waals surface area contributed by atoms with Crippen LogP contribution in [-0.4, -0.2) is 14.5 Å². The quantitative estimate of drug-likeness (QED) is 0.534. The van der Waals surface area contributed by atoms with Crippen LogP contribution in [0.3, 0.4) is 0 Å². The first kappa shape index (κ1) is 7.50. The third-order valence-electron chi connectivity index (χ3n) is 2.52. The summed E-state index contributed by atoms with van der Waals surface area (Å²) in [4.78, 5) is 8.67. The van der Waals surface area contributed by atoms with E-state index in [1.807, 2.05) is 19.2 Å². The maximum Gasteiger partial charge on any atom is 0.159 e. The molecule has 0 N–H and O–H groups in total. The molecule has 0 aliphatic rings. The number of benzene rings is 1. The number of hydrogen-bond donors (Lipinski definition) is 0. The molecule has 0 aliphatic heterocycles. The van der Waals surface area contributed by atoms with Crippen molar-refractivity contribution >= 4 is 22.1 Å². The van der Waals surface area contributed by atoms with E-state index >= 15 is 0 Å². The summed E-state index contributed by atoms with van der Waals surface area (Å²) in [6.07, 6.45) is 3.45. The Labute approximate surface area is 81.0 Å². The van der Waals surface area contributed by atoms with Crippen LogP contribution >= 0.6 is 0 Å². The van der Waals surface area contributed by atoms with Crippen LogP contribution in [0.15, 0.2) is 36.7 Å². The minimum atomic E-state index is 0.939. The van der Waals surface area contributed by atoms with E-state index in [0.717, 1.165) is 16.6 Å². The Morgan fingerprint density at radius 2 is 1.86 bits per heavy atom. The predicted octanol–water partition coefficient (Wildman–Crippen LogP) is 2.12. The molecule has 0 aliphatic carbocycles. The van der Waals surface area contributed by atoms with E-state index in [9.17, 15) is 0 Å². The second-order valence-electron chi connectivity index (χ2n) is 3.30. The van der Waals surface area contributed by atoms with Crippen LogP contribution in [0.5, 0.6) is 0 Å². The lowest BCUT2D eigenvalue weighted by molar-refractivity contribution is 0.985. The molecule has 0 saturated heterocycles.